The van der Waals surface area contributed by atoms with Crippen molar-refractivity contribution in [3.63, 3.8) is 0 Å². The second-order valence-electron chi connectivity index (χ2n) is 5.31. The maximum Gasteiger partial charge on any atom is 0.319 e. The summed E-state index contributed by atoms with van der Waals surface area (Å²) in [5.41, 5.74) is 4.07. The molecule has 0 aliphatic rings. The van der Waals surface area contributed by atoms with Crippen molar-refractivity contribution in [3.05, 3.63) is 45.7 Å². The largest absolute Gasteiger partial charge is 0.338 e. The molecule has 2 aromatic rings. The van der Waals surface area contributed by atoms with E-state index in [2.05, 4.69) is 31.7 Å². The summed E-state index contributed by atoms with van der Waals surface area (Å²) in [4.78, 5) is 11.8. The van der Waals surface area contributed by atoms with Crippen LogP contribution in [0.1, 0.15) is 23.4 Å². The van der Waals surface area contributed by atoms with Crippen molar-refractivity contribution in [2.75, 3.05) is 11.9 Å². The molecule has 118 valence electrons. The van der Waals surface area contributed by atoms with E-state index in [1.165, 1.54) is 5.56 Å². The van der Waals surface area contributed by atoms with E-state index in [0.717, 1.165) is 34.5 Å². The Labute approximate surface area is 139 Å². The van der Waals surface area contributed by atoms with Gasteiger partial charge in [0.1, 0.15) is 0 Å². The summed E-state index contributed by atoms with van der Waals surface area (Å²) in [5.74, 6) is 0. The number of hydrogen-bond donors (Lipinski definition) is 2. The minimum absolute atomic E-state index is 0.182. The molecule has 2 amide bonds. The number of rotatable bonds is 5. The number of anilines is 1. The van der Waals surface area contributed by atoms with Crippen molar-refractivity contribution in [1.82, 2.24) is 15.1 Å². The number of hydrogen-bond acceptors (Lipinski definition) is 2. The molecule has 0 bridgehead atoms. The highest BCUT2D eigenvalue weighted by Crippen LogP contribution is 2.19. The summed E-state index contributed by atoms with van der Waals surface area (Å²) in [6.07, 6.45) is 0.829. The molecule has 5 nitrogen and oxygen atoms in total. The summed E-state index contributed by atoms with van der Waals surface area (Å²) in [6.45, 7) is 7.40. The number of nitrogens with zero attached hydrogens (tertiary/aromatic N) is 2. The van der Waals surface area contributed by atoms with Gasteiger partial charge in [0.05, 0.1) is 10.2 Å². The van der Waals surface area contributed by atoms with E-state index < -0.39 is 0 Å². The molecule has 22 heavy (non-hydrogen) atoms. The van der Waals surface area contributed by atoms with Gasteiger partial charge in [0.15, 0.2) is 0 Å². The molecule has 0 aliphatic heterocycles. The first-order valence-corrected chi connectivity index (χ1v) is 8.07. The van der Waals surface area contributed by atoms with Gasteiger partial charge in [-0.15, -0.1) is 0 Å². The van der Waals surface area contributed by atoms with E-state index in [-0.39, 0.29) is 6.03 Å². The van der Waals surface area contributed by atoms with Crippen LogP contribution in [0.3, 0.4) is 0 Å². The normalized spacial score (nSPS) is 10.5. The highest BCUT2D eigenvalue weighted by atomic mass is 79.9. The van der Waals surface area contributed by atoms with Crippen LogP contribution in [0, 0.1) is 20.8 Å². The van der Waals surface area contributed by atoms with Gasteiger partial charge < -0.3 is 10.6 Å². The Morgan fingerprint density at radius 2 is 1.91 bits per heavy atom. The third-order valence-corrected chi connectivity index (χ3v) is 4.58. The Morgan fingerprint density at radius 1 is 1.23 bits per heavy atom. The third-order valence-electron chi connectivity index (χ3n) is 3.43. The summed E-state index contributed by atoms with van der Waals surface area (Å²) in [6, 6.07) is 7.54. The van der Waals surface area contributed by atoms with Crippen molar-refractivity contribution < 1.29 is 4.79 Å². The van der Waals surface area contributed by atoms with E-state index in [1.54, 1.807) is 0 Å². The quantitative estimate of drug-likeness (QED) is 0.793. The second kappa shape index (κ2) is 7.45. The Kier molecular flexibility index (Phi) is 5.60. The molecule has 0 aliphatic carbocycles. The van der Waals surface area contributed by atoms with Crippen LogP contribution in [-0.2, 0) is 6.54 Å². The van der Waals surface area contributed by atoms with Crippen molar-refractivity contribution >= 4 is 27.6 Å². The van der Waals surface area contributed by atoms with Gasteiger partial charge >= 0.3 is 6.03 Å². The van der Waals surface area contributed by atoms with Gasteiger partial charge in [0.2, 0.25) is 0 Å². The topological polar surface area (TPSA) is 59.0 Å². The van der Waals surface area contributed by atoms with Gasteiger partial charge in [-0.1, -0.05) is 17.7 Å². The van der Waals surface area contributed by atoms with Gasteiger partial charge in [0, 0.05) is 24.5 Å². The predicted molar refractivity (Wildman–Crippen MR) is 92.2 cm³/mol. The van der Waals surface area contributed by atoms with Crippen molar-refractivity contribution in [2.45, 2.75) is 33.7 Å². The van der Waals surface area contributed by atoms with Crippen LogP contribution in [0.4, 0.5) is 10.5 Å². The smallest absolute Gasteiger partial charge is 0.319 e. The SMILES string of the molecule is Cc1ccc(NC(=O)NCCCn2nc(C)c(Br)c2C)cc1. The zero-order chi connectivity index (χ0) is 16.1. The molecule has 2 rings (SSSR count). The lowest BCUT2D eigenvalue weighted by Gasteiger charge is -2.08. The van der Waals surface area contributed by atoms with Gasteiger partial charge in [0.25, 0.3) is 0 Å². The van der Waals surface area contributed by atoms with Gasteiger partial charge in [-0.2, -0.15) is 5.10 Å². The average Bonchev–Trinajstić information content (AvgIpc) is 2.73. The lowest BCUT2D eigenvalue weighted by atomic mass is 10.2. The number of aryl methyl sites for hydroxylation is 3. The molecular formula is C16H21BrN4O. The van der Waals surface area contributed by atoms with Crippen molar-refractivity contribution in [3.8, 4) is 0 Å². The highest BCUT2D eigenvalue weighted by molar-refractivity contribution is 9.10. The van der Waals surface area contributed by atoms with E-state index >= 15 is 0 Å². The molecule has 1 aromatic heterocycles. The summed E-state index contributed by atoms with van der Waals surface area (Å²) < 4.78 is 3.01. The first-order chi connectivity index (χ1) is 10.5. The van der Waals surface area contributed by atoms with E-state index in [4.69, 9.17) is 0 Å². The Bertz CT molecular complexity index is 649. The molecular weight excluding hydrogens is 344 g/mol. The maximum atomic E-state index is 11.8. The maximum absolute atomic E-state index is 11.8. The summed E-state index contributed by atoms with van der Waals surface area (Å²) in [5, 5.41) is 10.1. The van der Waals surface area contributed by atoms with E-state index in [1.807, 2.05) is 49.7 Å². The summed E-state index contributed by atoms with van der Waals surface area (Å²) >= 11 is 3.51. The first-order valence-electron chi connectivity index (χ1n) is 7.28. The highest BCUT2D eigenvalue weighted by Gasteiger charge is 2.08. The monoisotopic (exact) mass is 364 g/mol. The Hall–Kier alpha value is -1.82. The molecule has 0 unspecified atom stereocenters. The number of nitrogens with one attached hydrogen (secondary N) is 2. The van der Waals surface area contributed by atoms with Crippen LogP contribution in [-0.4, -0.2) is 22.4 Å². The average molecular weight is 365 g/mol. The molecule has 0 spiro atoms. The van der Waals surface area contributed by atoms with Crippen LogP contribution < -0.4 is 10.6 Å². The molecule has 0 atom stereocenters. The van der Waals surface area contributed by atoms with Crippen molar-refractivity contribution in [1.29, 1.82) is 0 Å². The predicted octanol–water partition coefficient (Wildman–Crippen LogP) is 3.78. The van der Waals surface area contributed by atoms with E-state index in [0.29, 0.717) is 6.54 Å². The van der Waals surface area contributed by atoms with Crippen molar-refractivity contribution in [2.24, 2.45) is 0 Å². The number of carbonyl (C=O) groups is 1. The van der Waals surface area contributed by atoms with Crippen LogP contribution in [0.15, 0.2) is 28.7 Å². The van der Waals surface area contributed by atoms with Crippen LogP contribution >= 0.6 is 15.9 Å². The number of amides is 2. The molecule has 6 heteroatoms. The summed E-state index contributed by atoms with van der Waals surface area (Å²) in [7, 11) is 0. The van der Waals surface area contributed by atoms with Crippen LogP contribution in [0.25, 0.3) is 0 Å². The molecule has 0 saturated heterocycles. The third kappa shape index (κ3) is 4.34. The lowest BCUT2D eigenvalue weighted by molar-refractivity contribution is 0.251. The molecule has 0 saturated carbocycles. The Morgan fingerprint density at radius 3 is 2.50 bits per heavy atom. The second-order valence-corrected chi connectivity index (χ2v) is 6.10. The van der Waals surface area contributed by atoms with E-state index in [9.17, 15) is 4.79 Å². The number of urea groups is 1. The molecule has 1 aromatic carbocycles. The van der Waals surface area contributed by atoms with Gasteiger partial charge in [-0.3, -0.25) is 4.68 Å². The first kappa shape index (κ1) is 16.5. The molecule has 0 radical (unpaired) electrons. The number of benzene rings is 1. The van der Waals surface area contributed by atoms with Crippen LogP contribution in [0.5, 0.6) is 0 Å². The fraction of sp³-hybridized carbons (Fsp3) is 0.375. The zero-order valence-electron chi connectivity index (χ0n) is 13.1. The molecule has 2 N–H and O–H groups in total. The fourth-order valence-electron chi connectivity index (χ4n) is 2.14. The minimum atomic E-state index is -0.182. The van der Waals surface area contributed by atoms with Gasteiger partial charge in [-0.05, 0) is 55.3 Å². The fourth-order valence-corrected chi connectivity index (χ4v) is 2.42. The minimum Gasteiger partial charge on any atom is -0.338 e. The number of aromatic nitrogens is 2. The standard InChI is InChI=1S/C16H21BrN4O/c1-11-5-7-14(8-6-11)19-16(22)18-9-4-10-21-13(3)15(17)12(2)20-21/h5-8H,4,9-10H2,1-3H3,(H2,18,19,22). The zero-order valence-corrected chi connectivity index (χ0v) is 14.7. The lowest BCUT2D eigenvalue weighted by Crippen LogP contribution is -2.30. The Balaban J connectivity index is 1.73. The van der Waals surface area contributed by atoms with Crippen LogP contribution in [0.2, 0.25) is 0 Å². The number of halogens is 1. The number of carbonyl (C=O) groups excluding carboxylic acids is 1. The van der Waals surface area contributed by atoms with Gasteiger partial charge in [-0.25, -0.2) is 4.79 Å². The molecule has 1 heterocycles. The molecule has 0 fully saturated rings.